The van der Waals surface area contributed by atoms with Crippen molar-refractivity contribution >= 4 is 23.0 Å². The molecule has 0 saturated carbocycles. The number of aryl methyl sites for hydroxylation is 2. The maximum absolute atomic E-state index is 12.2. The van der Waals surface area contributed by atoms with Gasteiger partial charge in [0.2, 0.25) is 5.91 Å². The van der Waals surface area contributed by atoms with Crippen LogP contribution in [0.25, 0.3) is 0 Å². The van der Waals surface area contributed by atoms with Crippen molar-refractivity contribution in [3.8, 4) is 0 Å². The van der Waals surface area contributed by atoms with Crippen LogP contribution in [0.15, 0.2) is 35.7 Å². The first-order valence-electron chi connectivity index (χ1n) is 7.93. The van der Waals surface area contributed by atoms with E-state index >= 15 is 0 Å². The number of hydrogen-bond acceptors (Lipinski definition) is 4. The molecule has 0 fully saturated rings. The SMILES string of the molecule is Cc1ccc(C(=O)CCC(=O)NCC(C)(O)c2cccs2)cc1C. The molecule has 1 heterocycles. The normalized spacial score (nSPS) is 13.3. The number of carbonyl (C=O) groups excluding carboxylic acids is 2. The fraction of sp³-hybridized carbons (Fsp3) is 0.368. The van der Waals surface area contributed by atoms with E-state index in [1.165, 1.54) is 11.3 Å². The second kappa shape index (κ2) is 7.73. The van der Waals surface area contributed by atoms with Gasteiger partial charge >= 0.3 is 0 Å². The minimum atomic E-state index is -1.10. The molecule has 128 valence electrons. The van der Waals surface area contributed by atoms with Crippen molar-refractivity contribution in [2.45, 2.75) is 39.2 Å². The molecule has 1 aromatic carbocycles. The Kier molecular flexibility index (Phi) is 5.91. The average molecular weight is 345 g/mol. The summed E-state index contributed by atoms with van der Waals surface area (Å²) in [6.07, 6.45) is 0.280. The van der Waals surface area contributed by atoms with Crippen LogP contribution in [0, 0.1) is 13.8 Å². The first-order chi connectivity index (χ1) is 11.3. The standard InChI is InChI=1S/C19H23NO3S/c1-13-6-7-15(11-14(13)2)16(21)8-9-18(22)20-12-19(3,23)17-5-4-10-24-17/h4-7,10-11,23H,8-9,12H2,1-3H3,(H,20,22). The molecule has 0 spiro atoms. The zero-order valence-corrected chi connectivity index (χ0v) is 15.1. The summed E-state index contributed by atoms with van der Waals surface area (Å²) in [6.45, 7) is 5.76. The van der Waals surface area contributed by atoms with E-state index in [4.69, 9.17) is 0 Å². The molecule has 1 unspecified atom stereocenters. The van der Waals surface area contributed by atoms with Gasteiger partial charge in [-0.3, -0.25) is 9.59 Å². The van der Waals surface area contributed by atoms with Crippen LogP contribution in [0.1, 0.15) is 46.1 Å². The highest BCUT2D eigenvalue weighted by atomic mass is 32.1. The van der Waals surface area contributed by atoms with Gasteiger partial charge in [0, 0.05) is 23.3 Å². The van der Waals surface area contributed by atoms with Crippen LogP contribution in [-0.2, 0) is 10.4 Å². The van der Waals surface area contributed by atoms with Crippen LogP contribution in [0.3, 0.4) is 0 Å². The van der Waals surface area contributed by atoms with Crippen LogP contribution in [-0.4, -0.2) is 23.3 Å². The van der Waals surface area contributed by atoms with Crippen LogP contribution >= 0.6 is 11.3 Å². The summed E-state index contributed by atoms with van der Waals surface area (Å²) in [7, 11) is 0. The Morgan fingerprint density at radius 1 is 1.17 bits per heavy atom. The molecule has 1 atom stereocenters. The highest BCUT2D eigenvalue weighted by Crippen LogP contribution is 2.24. The highest BCUT2D eigenvalue weighted by molar-refractivity contribution is 7.10. The minimum absolute atomic E-state index is 0.0433. The molecule has 0 saturated heterocycles. The van der Waals surface area contributed by atoms with Gasteiger partial charge in [-0.2, -0.15) is 0 Å². The van der Waals surface area contributed by atoms with Gasteiger partial charge in [0.15, 0.2) is 5.78 Å². The van der Waals surface area contributed by atoms with E-state index in [1.807, 2.05) is 43.5 Å². The summed E-state index contributed by atoms with van der Waals surface area (Å²) in [5.74, 6) is -0.276. The molecule has 0 bridgehead atoms. The number of rotatable bonds is 7. The molecule has 0 aliphatic carbocycles. The third kappa shape index (κ3) is 4.76. The van der Waals surface area contributed by atoms with E-state index in [0.29, 0.717) is 5.56 Å². The van der Waals surface area contributed by atoms with Crippen molar-refractivity contribution in [3.63, 3.8) is 0 Å². The number of carbonyl (C=O) groups is 2. The van der Waals surface area contributed by atoms with Crippen molar-refractivity contribution in [2.75, 3.05) is 6.54 Å². The van der Waals surface area contributed by atoms with Crippen molar-refractivity contribution in [2.24, 2.45) is 0 Å². The molecular weight excluding hydrogens is 322 g/mol. The molecular formula is C19H23NO3S. The number of amides is 1. The number of ketones is 1. The monoisotopic (exact) mass is 345 g/mol. The van der Waals surface area contributed by atoms with E-state index in [2.05, 4.69) is 5.32 Å². The molecule has 4 nitrogen and oxygen atoms in total. The van der Waals surface area contributed by atoms with Gasteiger partial charge in [-0.25, -0.2) is 0 Å². The van der Waals surface area contributed by atoms with Crippen molar-refractivity contribution in [1.29, 1.82) is 0 Å². The number of benzene rings is 1. The number of thiophene rings is 1. The van der Waals surface area contributed by atoms with Crippen LogP contribution in [0.2, 0.25) is 0 Å². The molecule has 5 heteroatoms. The Morgan fingerprint density at radius 2 is 1.92 bits per heavy atom. The molecule has 1 aromatic heterocycles. The maximum Gasteiger partial charge on any atom is 0.220 e. The summed E-state index contributed by atoms with van der Waals surface area (Å²) in [4.78, 5) is 24.9. The summed E-state index contributed by atoms with van der Waals surface area (Å²) >= 11 is 1.44. The maximum atomic E-state index is 12.2. The van der Waals surface area contributed by atoms with Gasteiger partial charge in [0.1, 0.15) is 5.60 Å². The number of aliphatic hydroxyl groups is 1. The molecule has 2 N–H and O–H groups in total. The number of Topliss-reactive ketones (excluding diaryl/α,β-unsaturated/α-hetero) is 1. The second-order valence-corrected chi connectivity index (χ2v) is 7.20. The summed E-state index contributed by atoms with van der Waals surface area (Å²) in [6, 6.07) is 9.26. The van der Waals surface area contributed by atoms with Crippen molar-refractivity contribution in [3.05, 3.63) is 57.3 Å². The quantitative estimate of drug-likeness (QED) is 0.756. The van der Waals surface area contributed by atoms with Gasteiger partial charge in [0.05, 0.1) is 6.54 Å². The lowest BCUT2D eigenvalue weighted by Crippen LogP contribution is -2.38. The Morgan fingerprint density at radius 3 is 2.54 bits per heavy atom. The average Bonchev–Trinajstić information content (AvgIpc) is 3.08. The highest BCUT2D eigenvalue weighted by Gasteiger charge is 2.24. The predicted molar refractivity (Wildman–Crippen MR) is 96.4 cm³/mol. The topological polar surface area (TPSA) is 66.4 Å². The van der Waals surface area contributed by atoms with Gasteiger partial charge in [0.25, 0.3) is 0 Å². The largest absolute Gasteiger partial charge is 0.383 e. The lowest BCUT2D eigenvalue weighted by molar-refractivity contribution is -0.122. The Hall–Kier alpha value is -1.98. The summed E-state index contributed by atoms with van der Waals surface area (Å²) < 4.78 is 0. The lowest BCUT2D eigenvalue weighted by Gasteiger charge is -2.22. The Balaban J connectivity index is 1.82. The molecule has 0 aliphatic rings. The van der Waals surface area contributed by atoms with Crippen LogP contribution in [0.5, 0.6) is 0 Å². The molecule has 24 heavy (non-hydrogen) atoms. The van der Waals surface area contributed by atoms with E-state index in [0.717, 1.165) is 16.0 Å². The molecule has 0 radical (unpaired) electrons. The van der Waals surface area contributed by atoms with Crippen molar-refractivity contribution in [1.82, 2.24) is 5.32 Å². The second-order valence-electron chi connectivity index (χ2n) is 6.25. The van der Waals surface area contributed by atoms with Gasteiger partial charge in [-0.05, 0) is 49.4 Å². The number of hydrogen-bond donors (Lipinski definition) is 2. The minimum Gasteiger partial charge on any atom is -0.383 e. The van der Waals surface area contributed by atoms with Gasteiger partial charge < -0.3 is 10.4 Å². The third-order valence-electron chi connectivity index (χ3n) is 4.09. The smallest absolute Gasteiger partial charge is 0.220 e. The number of nitrogens with one attached hydrogen (secondary N) is 1. The van der Waals surface area contributed by atoms with Gasteiger partial charge in [-0.15, -0.1) is 11.3 Å². The fourth-order valence-corrected chi connectivity index (χ4v) is 3.10. The molecule has 1 amide bonds. The Bertz CT molecular complexity index is 720. The lowest BCUT2D eigenvalue weighted by atomic mass is 10.0. The first kappa shape index (κ1) is 18.4. The Labute approximate surface area is 146 Å². The van der Waals surface area contributed by atoms with Crippen molar-refractivity contribution < 1.29 is 14.7 Å². The van der Waals surface area contributed by atoms with Crippen LogP contribution in [0.4, 0.5) is 0 Å². The van der Waals surface area contributed by atoms with E-state index < -0.39 is 5.60 Å². The summed E-state index contributed by atoms with van der Waals surface area (Å²) in [5, 5.41) is 15.0. The summed E-state index contributed by atoms with van der Waals surface area (Å²) in [5.41, 5.74) is 1.75. The predicted octanol–water partition coefficient (Wildman–Crippen LogP) is 3.35. The first-order valence-corrected chi connectivity index (χ1v) is 8.81. The third-order valence-corrected chi connectivity index (χ3v) is 5.21. The molecule has 0 aliphatic heterocycles. The van der Waals surface area contributed by atoms with Gasteiger partial charge in [-0.1, -0.05) is 18.2 Å². The van der Waals surface area contributed by atoms with Crippen LogP contribution < -0.4 is 5.32 Å². The molecule has 2 rings (SSSR count). The van der Waals surface area contributed by atoms with E-state index in [9.17, 15) is 14.7 Å². The zero-order chi connectivity index (χ0) is 17.7. The molecule has 2 aromatic rings. The van der Waals surface area contributed by atoms with E-state index in [-0.39, 0.29) is 31.1 Å². The fourth-order valence-electron chi connectivity index (χ4n) is 2.32. The zero-order valence-electron chi connectivity index (χ0n) is 14.3. The van der Waals surface area contributed by atoms with E-state index in [1.54, 1.807) is 13.0 Å².